The van der Waals surface area contributed by atoms with Gasteiger partial charge < -0.3 is 5.32 Å². The molecule has 0 aliphatic carbocycles. The number of carbonyl (C=O) groups is 1. The smallest absolute Gasteiger partial charge is 0.225 e. The van der Waals surface area contributed by atoms with Gasteiger partial charge in [0.25, 0.3) is 0 Å². The Morgan fingerprint density at radius 1 is 1.14 bits per heavy atom. The minimum Gasteiger partial charge on any atom is -0.311 e. The number of nitrogens with zero attached hydrogens (tertiary/aromatic N) is 2. The first-order valence-corrected chi connectivity index (χ1v) is 10.7. The summed E-state index contributed by atoms with van der Waals surface area (Å²) in [7, 11) is -3.18. The highest BCUT2D eigenvalue weighted by Gasteiger charge is 2.26. The Balaban J connectivity index is 1.55. The Labute approximate surface area is 162 Å². The Morgan fingerprint density at radius 2 is 1.79 bits per heavy atom. The van der Waals surface area contributed by atoms with Crippen molar-refractivity contribution >= 4 is 21.7 Å². The largest absolute Gasteiger partial charge is 0.311 e. The molecule has 0 radical (unpaired) electrons. The molecule has 28 heavy (non-hydrogen) atoms. The number of hydrogen-bond donors (Lipinski definition) is 1. The predicted molar refractivity (Wildman–Crippen MR) is 102 cm³/mol. The van der Waals surface area contributed by atoms with Crippen LogP contribution in [0.25, 0.3) is 11.1 Å². The van der Waals surface area contributed by atoms with E-state index in [0.717, 1.165) is 6.07 Å². The number of carbonyl (C=O) groups excluding carboxylic acids is 1. The van der Waals surface area contributed by atoms with E-state index in [2.05, 4.69) is 10.3 Å². The van der Waals surface area contributed by atoms with Gasteiger partial charge >= 0.3 is 0 Å². The van der Waals surface area contributed by atoms with Crippen LogP contribution in [0.2, 0.25) is 0 Å². The molecule has 1 aromatic heterocycles. The molecule has 1 amide bonds. The predicted octanol–water partition coefficient (Wildman–Crippen LogP) is 3.03. The van der Waals surface area contributed by atoms with Gasteiger partial charge in [-0.25, -0.2) is 26.5 Å². The van der Waals surface area contributed by atoms with Crippen molar-refractivity contribution in [2.24, 2.45) is 5.92 Å². The number of aromatic nitrogens is 1. The van der Waals surface area contributed by atoms with E-state index in [9.17, 15) is 22.0 Å². The van der Waals surface area contributed by atoms with E-state index >= 15 is 0 Å². The number of piperidine rings is 1. The molecule has 1 fully saturated rings. The maximum absolute atomic E-state index is 13.3. The zero-order valence-electron chi connectivity index (χ0n) is 15.4. The molecule has 150 valence electrons. The van der Waals surface area contributed by atoms with Gasteiger partial charge in [-0.05, 0) is 48.6 Å². The molecule has 2 heterocycles. The van der Waals surface area contributed by atoms with Crippen molar-refractivity contribution in [3.05, 3.63) is 48.2 Å². The van der Waals surface area contributed by atoms with E-state index in [1.165, 1.54) is 28.9 Å². The Hall–Kier alpha value is -2.39. The lowest BCUT2D eigenvalue weighted by atomic mass is 9.94. The van der Waals surface area contributed by atoms with Gasteiger partial charge in [-0.1, -0.05) is 0 Å². The zero-order valence-corrected chi connectivity index (χ0v) is 16.2. The summed E-state index contributed by atoms with van der Waals surface area (Å²) in [6.07, 6.45) is 4.19. The van der Waals surface area contributed by atoms with Crippen LogP contribution in [0.15, 0.2) is 36.5 Å². The van der Waals surface area contributed by atoms with Crippen LogP contribution >= 0.6 is 0 Å². The van der Waals surface area contributed by atoms with E-state index < -0.39 is 21.7 Å². The maximum Gasteiger partial charge on any atom is 0.225 e. The maximum atomic E-state index is 13.3. The van der Waals surface area contributed by atoms with E-state index in [4.69, 9.17) is 0 Å². The van der Waals surface area contributed by atoms with Crippen molar-refractivity contribution in [2.75, 3.05) is 24.7 Å². The molecule has 0 spiro atoms. The van der Waals surface area contributed by atoms with Crippen molar-refractivity contribution in [2.45, 2.75) is 19.3 Å². The van der Waals surface area contributed by atoms with Crippen molar-refractivity contribution in [3.63, 3.8) is 0 Å². The summed E-state index contributed by atoms with van der Waals surface area (Å²) in [6, 6.07) is 6.41. The molecular weight excluding hydrogens is 388 g/mol. The van der Waals surface area contributed by atoms with E-state index in [-0.39, 0.29) is 18.2 Å². The van der Waals surface area contributed by atoms with Crippen LogP contribution in [0.1, 0.15) is 19.3 Å². The molecule has 1 aliphatic rings. The van der Waals surface area contributed by atoms with Gasteiger partial charge in [0.2, 0.25) is 15.9 Å². The van der Waals surface area contributed by atoms with Crippen LogP contribution in [-0.4, -0.2) is 43.0 Å². The van der Waals surface area contributed by atoms with Gasteiger partial charge in [-0.2, -0.15) is 0 Å². The minimum atomic E-state index is -3.18. The summed E-state index contributed by atoms with van der Waals surface area (Å²) in [4.78, 5) is 16.3. The van der Waals surface area contributed by atoms with Gasteiger partial charge in [0.1, 0.15) is 17.5 Å². The van der Waals surface area contributed by atoms with E-state index in [0.29, 0.717) is 42.9 Å². The Kier molecular flexibility index (Phi) is 6.04. The number of hydrogen-bond acceptors (Lipinski definition) is 4. The van der Waals surface area contributed by atoms with Crippen molar-refractivity contribution in [3.8, 4) is 11.1 Å². The number of halogens is 2. The molecule has 9 heteroatoms. The van der Waals surface area contributed by atoms with Gasteiger partial charge in [0.05, 0.1) is 6.26 Å². The second kappa shape index (κ2) is 8.32. The SMILES string of the molecule is CS(=O)(=O)N1CCC(CC(=O)Nc2ccc(-c3cc(F)cc(F)c3)cn2)CC1. The summed E-state index contributed by atoms with van der Waals surface area (Å²) in [5.41, 5.74) is 0.894. The molecule has 1 saturated heterocycles. The molecule has 0 bridgehead atoms. The molecule has 0 saturated carbocycles. The fourth-order valence-electron chi connectivity index (χ4n) is 3.26. The molecule has 6 nitrogen and oxygen atoms in total. The summed E-state index contributed by atoms with van der Waals surface area (Å²) in [6.45, 7) is 0.849. The molecule has 2 aromatic rings. The van der Waals surface area contributed by atoms with Crippen molar-refractivity contribution in [1.29, 1.82) is 0 Å². The van der Waals surface area contributed by atoms with Gasteiger partial charge in [0.15, 0.2) is 0 Å². The summed E-state index contributed by atoms with van der Waals surface area (Å²) >= 11 is 0. The fourth-order valence-corrected chi connectivity index (χ4v) is 4.13. The van der Waals surface area contributed by atoms with Gasteiger partial charge in [-0.15, -0.1) is 0 Å². The number of sulfonamides is 1. The number of rotatable bonds is 5. The standard InChI is InChI=1S/C19H21F2N3O3S/c1-28(26,27)24-6-4-13(5-7-24)8-19(25)23-18-3-2-14(12-22-18)15-9-16(20)11-17(21)10-15/h2-3,9-13H,4-8H2,1H3,(H,22,23,25). The fraction of sp³-hybridized carbons (Fsp3) is 0.368. The monoisotopic (exact) mass is 409 g/mol. The van der Waals surface area contributed by atoms with Crippen LogP contribution in [0, 0.1) is 17.6 Å². The summed E-state index contributed by atoms with van der Waals surface area (Å²) in [5.74, 6) is -1.08. The normalized spacial score (nSPS) is 16.1. The topological polar surface area (TPSA) is 79.4 Å². The quantitative estimate of drug-likeness (QED) is 0.823. The average molecular weight is 409 g/mol. The minimum absolute atomic E-state index is 0.118. The third-order valence-corrected chi connectivity index (χ3v) is 6.05. The number of nitrogens with one attached hydrogen (secondary N) is 1. The van der Waals surface area contributed by atoms with Crippen molar-refractivity contribution < 1.29 is 22.0 Å². The second-order valence-electron chi connectivity index (χ2n) is 6.95. The Bertz CT molecular complexity index is 937. The first-order valence-electron chi connectivity index (χ1n) is 8.88. The van der Waals surface area contributed by atoms with Crippen LogP contribution in [-0.2, 0) is 14.8 Å². The molecule has 1 aliphatic heterocycles. The first-order chi connectivity index (χ1) is 13.2. The van der Waals surface area contributed by atoms with Gasteiger partial charge in [-0.3, -0.25) is 4.79 Å². The zero-order chi connectivity index (χ0) is 20.3. The molecule has 1 N–H and O–H groups in total. The van der Waals surface area contributed by atoms with Crippen LogP contribution in [0.3, 0.4) is 0 Å². The molecule has 3 rings (SSSR count). The lowest BCUT2D eigenvalue weighted by Crippen LogP contribution is -2.38. The highest BCUT2D eigenvalue weighted by molar-refractivity contribution is 7.88. The van der Waals surface area contributed by atoms with Crippen LogP contribution in [0.5, 0.6) is 0 Å². The lowest BCUT2D eigenvalue weighted by Gasteiger charge is -2.29. The molecule has 1 aromatic carbocycles. The highest BCUT2D eigenvalue weighted by Crippen LogP contribution is 2.24. The third-order valence-electron chi connectivity index (χ3n) is 4.74. The third kappa shape index (κ3) is 5.32. The first kappa shape index (κ1) is 20.3. The highest BCUT2D eigenvalue weighted by atomic mass is 32.2. The second-order valence-corrected chi connectivity index (χ2v) is 8.93. The molecular formula is C19H21F2N3O3S. The van der Waals surface area contributed by atoms with Gasteiger partial charge in [0, 0.05) is 37.3 Å². The van der Waals surface area contributed by atoms with Crippen molar-refractivity contribution in [1.82, 2.24) is 9.29 Å². The van der Waals surface area contributed by atoms with Crippen LogP contribution in [0.4, 0.5) is 14.6 Å². The molecule has 0 unspecified atom stereocenters. The number of benzene rings is 1. The average Bonchev–Trinajstić information content (AvgIpc) is 2.61. The van der Waals surface area contributed by atoms with Crippen LogP contribution < -0.4 is 5.32 Å². The summed E-state index contributed by atoms with van der Waals surface area (Å²) < 4.78 is 51.1. The molecule has 0 atom stereocenters. The number of anilines is 1. The Morgan fingerprint density at radius 3 is 2.32 bits per heavy atom. The van der Waals surface area contributed by atoms with E-state index in [1.807, 2.05) is 0 Å². The summed E-state index contributed by atoms with van der Waals surface area (Å²) in [5, 5.41) is 2.70. The number of amides is 1. The lowest BCUT2D eigenvalue weighted by molar-refractivity contribution is -0.117. The van der Waals surface area contributed by atoms with E-state index in [1.54, 1.807) is 12.1 Å². The number of pyridine rings is 1.